The number of methoxy groups -OCH3 is 1. The number of hydrogen-bond donors (Lipinski definition) is 1. The summed E-state index contributed by atoms with van der Waals surface area (Å²) in [6, 6.07) is 4.33. The van der Waals surface area contributed by atoms with Gasteiger partial charge in [0.05, 0.1) is 12.8 Å². The lowest BCUT2D eigenvalue weighted by atomic mass is 9.92. The Balaban J connectivity index is 2.60. The van der Waals surface area contributed by atoms with Crippen molar-refractivity contribution in [3.63, 3.8) is 0 Å². The molecule has 1 atom stereocenters. The zero-order valence-corrected chi connectivity index (χ0v) is 12.1. The molecule has 0 saturated carbocycles. The Kier molecular flexibility index (Phi) is 4.10. The van der Waals surface area contributed by atoms with Gasteiger partial charge in [-0.1, -0.05) is 6.07 Å². The lowest BCUT2D eigenvalue weighted by molar-refractivity contribution is -0.116. The van der Waals surface area contributed by atoms with Crippen LogP contribution in [0.2, 0.25) is 0 Å². The molecule has 0 fully saturated rings. The highest BCUT2D eigenvalue weighted by Crippen LogP contribution is 2.40. The Bertz CT molecular complexity index is 485. The van der Waals surface area contributed by atoms with E-state index in [2.05, 4.69) is 18.3 Å². The number of nitrogens with zero attached hydrogens (tertiary/aromatic N) is 1. The Labute approximate surface area is 114 Å². The third-order valence-electron chi connectivity index (χ3n) is 3.86. The largest absolute Gasteiger partial charge is 0.495 e. The van der Waals surface area contributed by atoms with E-state index >= 15 is 0 Å². The molecule has 1 aromatic rings. The molecular weight excluding hydrogens is 240 g/mol. The maximum Gasteiger partial charge on any atom is 0.223 e. The third-order valence-corrected chi connectivity index (χ3v) is 3.86. The second-order valence-corrected chi connectivity index (χ2v) is 4.97. The lowest BCUT2D eigenvalue weighted by Gasteiger charge is -2.32. The van der Waals surface area contributed by atoms with E-state index in [1.54, 1.807) is 14.0 Å². The van der Waals surface area contributed by atoms with Gasteiger partial charge < -0.3 is 15.0 Å². The van der Waals surface area contributed by atoms with Crippen LogP contribution in [0.5, 0.6) is 5.75 Å². The van der Waals surface area contributed by atoms with Crippen molar-refractivity contribution >= 4 is 11.6 Å². The highest BCUT2D eigenvalue weighted by atomic mass is 16.5. The average Bonchev–Trinajstić information content (AvgIpc) is 2.44. The number of hydrogen-bond acceptors (Lipinski definition) is 3. The minimum Gasteiger partial charge on any atom is -0.495 e. The van der Waals surface area contributed by atoms with Crippen LogP contribution in [-0.4, -0.2) is 26.6 Å². The smallest absolute Gasteiger partial charge is 0.223 e. The Morgan fingerprint density at radius 2 is 2.21 bits per heavy atom. The predicted octanol–water partition coefficient (Wildman–Crippen LogP) is 2.27. The first-order chi connectivity index (χ1) is 9.10. The minimum atomic E-state index is 0.0773. The summed E-state index contributed by atoms with van der Waals surface area (Å²) >= 11 is 0. The Morgan fingerprint density at radius 3 is 2.79 bits per heavy atom. The van der Waals surface area contributed by atoms with Crippen LogP contribution in [0.4, 0.5) is 5.69 Å². The first-order valence-electron chi connectivity index (χ1n) is 6.75. The second kappa shape index (κ2) is 5.61. The van der Waals surface area contributed by atoms with Crippen molar-refractivity contribution in [2.75, 3.05) is 25.6 Å². The van der Waals surface area contributed by atoms with Crippen LogP contribution < -0.4 is 15.0 Å². The standard InChI is InChI=1S/C15H22N2O2/c1-10(16-3)12-7-8-14(19-4)15-13(12)6-5-9-17(15)11(2)18/h7-8,10,16H,5-6,9H2,1-4H3. The van der Waals surface area contributed by atoms with Gasteiger partial charge in [0, 0.05) is 19.5 Å². The van der Waals surface area contributed by atoms with Gasteiger partial charge in [0.2, 0.25) is 5.91 Å². The summed E-state index contributed by atoms with van der Waals surface area (Å²) in [6.45, 7) is 4.52. The summed E-state index contributed by atoms with van der Waals surface area (Å²) < 4.78 is 5.45. The fraction of sp³-hybridized carbons (Fsp3) is 0.533. The fourth-order valence-corrected chi connectivity index (χ4v) is 2.76. The van der Waals surface area contributed by atoms with Gasteiger partial charge in [-0.05, 0) is 44.0 Å². The molecule has 0 saturated heterocycles. The number of carbonyl (C=O) groups excluding carboxylic acids is 1. The molecule has 0 aliphatic carbocycles. The molecule has 104 valence electrons. The Morgan fingerprint density at radius 1 is 1.47 bits per heavy atom. The van der Waals surface area contributed by atoms with Crippen molar-refractivity contribution < 1.29 is 9.53 Å². The van der Waals surface area contributed by atoms with Crippen LogP contribution >= 0.6 is 0 Å². The molecule has 2 rings (SSSR count). The molecule has 4 heteroatoms. The highest BCUT2D eigenvalue weighted by Gasteiger charge is 2.27. The molecule has 19 heavy (non-hydrogen) atoms. The number of rotatable bonds is 3. The van der Waals surface area contributed by atoms with Crippen LogP contribution in [0.25, 0.3) is 0 Å². The summed E-state index contributed by atoms with van der Waals surface area (Å²) in [4.78, 5) is 13.7. The van der Waals surface area contributed by atoms with E-state index in [-0.39, 0.29) is 11.9 Å². The van der Waals surface area contributed by atoms with E-state index in [0.717, 1.165) is 30.8 Å². The van der Waals surface area contributed by atoms with Crippen LogP contribution in [0.15, 0.2) is 12.1 Å². The van der Waals surface area contributed by atoms with Crippen LogP contribution in [-0.2, 0) is 11.2 Å². The first kappa shape index (κ1) is 13.9. The van der Waals surface area contributed by atoms with Gasteiger partial charge in [-0.2, -0.15) is 0 Å². The fourth-order valence-electron chi connectivity index (χ4n) is 2.76. The second-order valence-electron chi connectivity index (χ2n) is 4.97. The number of fused-ring (bicyclic) bond motifs is 1. The maximum absolute atomic E-state index is 11.8. The number of benzene rings is 1. The molecule has 0 spiro atoms. The van der Waals surface area contributed by atoms with Gasteiger partial charge in [-0.15, -0.1) is 0 Å². The maximum atomic E-state index is 11.8. The van der Waals surface area contributed by atoms with Crippen LogP contribution in [0, 0.1) is 0 Å². The molecule has 0 radical (unpaired) electrons. The van der Waals surface area contributed by atoms with Crippen molar-refractivity contribution in [2.24, 2.45) is 0 Å². The summed E-state index contributed by atoms with van der Waals surface area (Å²) in [5, 5.41) is 3.27. The number of amides is 1. The molecule has 0 aromatic heterocycles. The molecule has 1 heterocycles. The summed E-state index contributed by atoms with van der Waals surface area (Å²) in [5.41, 5.74) is 3.45. The van der Waals surface area contributed by atoms with E-state index in [1.807, 2.05) is 18.0 Å². The zero-order valence-electron chi connectivity index (χ0n) is 12.1. The predicted molar refractivity (Wildman–Crippen MR) is 76.8 cm³/mol. The van der Waals surface area contributed by atoms with E-state index in [0.29, 0.717) is 0 Å². The van der Waals surface area contributed by atoms with Crippen LogP contribution in [0.1, 0.15) is 37.4 Å². The molecule has 0 bridgehead atoms. The number of ether oxygens (including phenoxy) is 1. The van der Waals surface area contributed by atoms with Crippen molar-refractivity contribution in [3.8, 4) is 5.75 Å². The van der Waals surface area contributed by atoms with E-state index in [4.69, 9.17) is 4.74 Å². The molecular formula is C15H22N2O2. The minimum absolute atomic E-state index is 0.0773. The SMILES string of the molecule is CNC(C)c1ccc(OC)c2c1CCCN2C(C)=O. The summed E-state index contributed by atoms with van der Waals surface area (Å²) in [6.07, 6.45) is 2.00. The van der Waals surface area contributed by atoms with E-state index in [1.165, 1.54) is 11.1 Å². The Hall–Kier alpha value is -1.55. The monoisotopic (exact) mass is 262 g/mol. The number of anilines is 1. The molecule has 1 amide bonds. The molecule has 4 nitrogen and oxygen atoms in total. The number of carbonyl (C=O) groups is 1. The molecule has 1 unspecified atom stereocenters. The van der Waals surface area contributed by atoms with Gasteiger partial charge in [-0.25, -0.2) is 0 Å². The van der Waals surface area contributed by atoms with Crippen molar-refractivity contribution in [1.82, 2.24) is 5.32 Å². The van der Waals surface area contributed by atoms with Gasteiger partial charge in [-0.3, -0.25) is 4.79 Å². The average molecular weight is 262 g/mol. The topological polar surface area (TPSA) is 41.6 Å². The quantitative estimate of drug-likeness (QED) is 0.908. The summed E-state index contributed by atoms with van der Waals surface area (Å²) in [5.74, 6) is 0.866. The molecule has 1 aliphatic heterocycles. The van der Waals surface area contributed by atoms with E-state index in [9.17, 15) is 4.79 Å². The van der Waals surface area contributed by atoms with E-state index < -0.39 is 0 Å². The van der Waals surface area contributed by atoms with Crippen LogP contribution in [0.3, 0.4) is 0 Å². The van der Waals surface area contributed by atoms with Crippen molar-refractivity contribution in [1.29, 1.82) is 0 Å². The molecule has 1 N–H and O–H groups in total. The molecule has 1 aromatic carbocycles. The van der Waals surface area contributed by atoms with Crippen molar-refractivity contribution in [3.05, 3.63) is 23.3 Å². The normalized spacial score (nSPS) is 15.9. The first-order valence-corrected chi connectivity index (χ1v) is 6.75. The summed E-state index contributed by atoms with van der Waals surface area (Å²) in [7, 11) is 3.61. The highest BCUT2D eigenvalue weighted by molar-refractivity contribution is 5.95. The van der Waals surface area contributed by atoms with Gasteiger partial charge in [0.25, 0.3) is 0 Å². The zero-order chi connectivity index (χ0) is 14.0. The third kappa shape index (κ3) is 2.45. The lowest BCUT2D eigenvalue weighted by Crippen LogP contribution is -2.34. The van der Waals surface area contributed by atoms with Gasteiger partial charge >= 0.3 is 0 Å². The number of nitrogens with one attached hydrogen (secondary N) is 1. The molecule has 1 aliphatic rings. The van der Waals surface area contributed by atoms with Gasteiger partial charge in [0.1, 0.15) is 5.75 Å². The van der Waals surface area contributed by atoms with Crippen molar-refractivity contribution in [2.45, 2.75) is 32.7 Å². The van der Waals surface area contributed by atoms with Gasteiger partial charge in [0.15, 0.2) is 0 Å².